The molecule has 0 amide bonds. The number of H-pyrrole nitrogens is 1. The quantitative estimate of drug-likeness (QED) is 0.536. The first-order valence-electron chi connectivity index (χ1n) is 11.8. The molecule has 2 saturated heterocycles. The van der Waals surface area contributed by atoms with Gasteiger partial charge in [0.05, 0.1) is 17.5 Å². The molecule has 2 aliphatic heterocycles. The molecule has 0 aliphatic carbocycles. The zero-order valence-corrected chi connectivity index (χ0v) is 18.6. The molecular formula is C25H29N7. The molecule has 5 heterocycles. The van der Waals surface area contributed by atoms with Gasteiger partial charge in [0.15, 0.2) is 5.65 Å². The highest BCUT2D eigenvalue weighted by atomic mass is 15.3. The van der Waals surface area contributed by atoms with Gasteiger partial charge in [0.2, 0.25) is 0 Å². The van der Waals surface area contributed by atoms with Gasteiger partial charge in [-0.3, -0.25) is 4.90 Å². The fraction of sp³-hybridized carbons (Fsp3) is 0.440. The summed E-state index contributed by atoms with van der Waals surface area (Å²) in [7, 11) is 0. The minimum atomic E-state index is 0.659. The van der Waals surface area contributed by atoms with Gasteiger partial charge >= 0.3 is 0 Å². The lowest BCUT2D eigenvalue weighted by Gasteiger charge is -2.45. The van der Waals surface area contributed by atoms with E-state index in [-0.39, 0.29) is 0 Å². The van der Waals surface area contributed by atoms with Gasteiger partial charge in [0.25, 0.3) is 0 Å². The lowest BCUT2D eigenvalue weighted by atomic mass is 9.98. The summed E-state index contributed by atoms with van der Waals surface area (Å²) in [4.78, 5) is 26.8. The number of rotatable bonds is 4. The number of pyridine rings is 1. The summed E-state index contributed by atoms with van der Waals surface area (Å²) in [5.41, 5.74) is 6.35. The third kappa shape index (κ3) is 3.50. The van der Waals surface area contributed by atoms with Crippen LogP contribution in [0.15, 0.2) is 36.9 Å². The zero-order valence-electron chi connectivity index (χ0n) is 18.6. The number of hydrogen-bond acceptors (Lipinski definition) is 6. The molecule has 0 saturated carbocycles. The summed E-state index contributed by atoms with van der Waals surface area (Å²) in [6.07, 6.45) is 9.02. The monoisotopic (exact) mass is 427 g/mol. The van der Waals surface area contributed by atoms with E-state index in [1.54, 1.807) is 12.7 Å². The van der Waals surface area contributed by atoms with Crippen LogP contribution in [0.2, 0.25) is 0 Å². The minimum absolute atomic E-state index is 0.659. The lowest BCUT2D eigenvalue weighted by molar-refractivity contribution is 0.133. The van der Waals surface area contributed by atoms with Crippen LogP contribution in [0.5, 0.6) is 0 Å². The van der Waals surface area contributed by atoms with Crippen molar-refractivity contribution >= 4 is 27.9 Å². The van der Waals surface area contributed by atoms with Crippen LogP contribution in [-0.4, -0.2) is 62.0 Å². The van der Waals surface area contributed by atoms with Crippen LogP contribution < -0.4 is 4.90 Å². The highest BCUT2D eigenvalue weighted by Gasteiger charge is 2.30. The number of piperazine rings is 1. The number of hydrogen-bond donors (Lipinski definition) is 1. The van der Waals surface area contributed by atoms with Crippen molar-refractivity contribution in [1.82, 2.24) is 29.8 Å². The molecule has 1 atom stereocenters. The topological polar surface area (TPSA) is 73.8 Å². The van der Waals surface area contributed by atoms with Gasteiger partial charge in [-0.05, 0) is 56.3 Å². The Morgan fingerprint density at radius 3 is 3.00 bits per heavy atom. The van der Waals surface area contributed by atoms with Crippen molar-refractivity contribution < 1.29 is 0 Å². The molecule has 1 aromatic carbocycles. The number of anilines is 1. The summed E-state index contributed by atoms with van der Waals surface area (Å²) in [6, 6.07) is 9.48. The summed E-state index contributed by atoms with van der Waals surface area (Å²) < 4.78 is 0. The zero-order chi connectivity index (χ0) is 21.5. The molecule has 2 fully saturated rings. The van der Waals surface area contributed by atoms with Crippen LogP contribution in [0.1, 0.15) is 36.1 Å². The largest absolute Gasteiger partial charge is 0.354 e. The predicted octanol–water partition coefficient (Wildman–Crippen LogP) is 3.67. The number of benzene rings is 1. The maximum absolute atomic E-state index is 5.26. The minimum Gasteiger partial charge on any atom is -0.354 e. The van der Waals surface area contributed by atoms with Crippen molar-refractivity contribution in [2.45, 2.75) is 45.1 Å². The smallest absolute Gasteiger partial charge is 0.180 e. The molecule has 164 valence electrons. The van der Waals surface area contributed by atoms with Crippen molar-refractivity contribution in [1.29, 1.82) is 0 Å². The second-order valence-electron chi connectivity index (χ2n) is 9.17. The summed E-state index contributed by atoms with van der Waals surface area (Å²) >= 11 is 0. The van der Waals surface area contributed by atoms with E-state index in [1.807, 2.05) is 0 Å². The van der Waals surface area contributed by atoms with Gasteiger partial charge in [-0.15, -0.1) is 0 Å². The first kappa shape index (κ1) is 19.6. The molecule has 4 aromatic rings. The Balaban J connectivity index is 1.36. The maximum Gasteiger partial charge on any atom is 0.180 e. The maximum atomic E-state index is 5.26. The highest BCUT2D eigenvalue weighted by molar-refractivity contribution is 5.84. The Hall–Kier alpha value is -3.06. The third-order valence-corrected chi connectivity index (χ3v) is 7.17. The van der Waals surface area contributed by atoms with Gasteiger partial charge in [-0.2, -0.15) is 0 Å². The molecule has 0 bridgehead atoms. The standard InChI is InChI=1S/C25H29N7/c1-17-5-4-6-18-13-19(8-9-21-23-24(28-15-26-21)29-16-27-23)25(30-22(17)18)32-12-11-31-10-3-2-7-20(31)14-32/h4-6,13,15-16,20H,2-3,7-12,14H2,1H3,(H,26,27,28,29). The van der Waals surface area contributed by atoms with E-state index < -0.39 is 0 Å². The number of aryl methyl sites for hydroxylation is 3. The van der Waals surface area contributed by atoms with Crippen molar-refractivity contribution in [3.05, 3.63) is 53.7 Å². The van der Waals surface area contributed by atoms with Gasteiger partial charge in [0.1, 0.15) is 17.7 Å². The van der Waals surface area contributed by atoms with Crippen LogP contribution >= 0.6 is 0 Å². The van der Waals surface area contributed by atoms with Crippen LogP contribution in [0.4, 0.5) is 5.82 Å². The second-order valence-corrected chi connectivity index (χ2v) is 9.17. The first-order chi connectivity index (χ1) is 15.8. The molecule has 7 nitrogen and oxygen atoms in total. The number of piperidine rings is 1. The molecule has 32 heavy (non-hydrogen) atoms. The van der Waals surface area contributed by atoms with Gasteiger partial charge in [0, 0.05) is 31.1 Å². The van der Waals surface area contributed by atoms with Crippen molar-refractivity contribution in [3.63, 3.8) is 0 Å². The Morgan fingerprint density at radius 2 is 2.03 bits per heavy atom. The Bertz CT molecular complexity index is 1260. The summed E-state index contributed by atoms with van der Waals surface area (Å²) in [5.74, 6) is 1.16. The Morgan fingerprint density at radius 1 is 1.06 bits per heavy atom. The number of imidazole rings is 1. The molecule has 7 heteroatoms. The molecule has 1 N–H and O–H groups in total. The molecule has 1 unspecified atom stereocenters. The van der Waals surface area contributed by atoms with Gasteiger partial charge in [-0.1, -0.05) is 24.6 Å². The fourth-order valence-corrected chi connectivity index (χ4v) is 5.44. The van der Waals surface area contributed by atoms with Crippen molar-refractivity contribution in [2.75, 3.05) is 31.1 Å². The molecular weight excluding hydrogens is 398 g/mol. The lowest BCUT2D eigenvalue weighted by Crippen LogP contribution is -2.55. The predicted molar refractivity (Wildman–Crippen MR) is 127 cm³/mol. The number of para-hydroxylation sites is 1. The van der Waals surface area contributed by atoms with E-state index in [9.17, 15) is 0 Å². The van der Waals surface area contributed by atoms with Crippen LogP contribution in [-0.2, 0) is 12.8 Å². The van der Waals surface area contributed by atoms with Crippen LogP contribution in [0.3, 0.4) is 0 Å². The highest BCUT2D eigenvalue weighted by Crippen LogP contribution is 2.30. The Kier molecular flexibility index (Phi) is 4.98. The van der Waals surface area contributed by atoms with E-state index in [2.05, 4.69) is 60.9 Å². The number of nitrogens with zero attached hydrogens (tertiary/aromatic N) is 6. The number of aromatic nitrogens is 5. The fourth-order valence-electron chi connectivity index (χ4n) is 5.44. The first-order valence-corrected chi connectivity index (χ1v) is 11.8. The van der Waals surface area contributed by atoms with E-state index >= 15 is 0 Å². The summed E-state index contributed by atoms with van der Waals surface area (Å²) in [6.45, 7) is 6.68. The number of fused-ring (bicyclic) bond motifs is 3. The van der Waals surface area contributed by atoms with E-state index in [4.69, 9.17) is 4.98 Å². The van der Waals surface area contributed by atoms with Crippen molar-refractivity contribution in [3.8, 4) is 0 Å². The van der Waals surface area contributed by atoms with Crippen LogP contribution in [0, 0.1) is 6.92 Å². The van der Waals surface area contributed by atoms with E-state index in [0.717, 1.165) is 60.7 Å². The van der Waals surface area contributed by atoms with E-state index in [1.165, 1.54) is 42.3 Å². The molecule has 0 spiro atoms. The number of aromatic amines is 1. The molecule has 2 aliphatic rings. The normalized spacial score (nSPS) is 19.5. The summed E-state index contributed by atoms with van der Waals surface area (Å²) in [5, 5.41) is 1.22. The molecule has 6 rings (SSSR count). The van der Waals surface area contributed by atoms with Gasteiger partial charge < -0.3 is 9.88 Å². The molecule has 3 aromatic heterocycles. The van der Waals surface area contributed by atoms with E-state index in [0.29, 0.717) is 6.04 Å². The average Bonchev–Trinajstić information content (AvgIpc) is 3.32. The third-order valence-electron chi connectivity index (χ3n) is 7.17. The van der Waals surface area contributed by atoms with Gasteiger partial charge in [-0.25, -0.2) is 19.9 Å². The molecule has 0 radical (unpaired) electrons. The average molecular weight is 428 g/mol. The number of nitrogens with one attached hydrogen (secondary N) is 1. The van der Waals surface area contributed by atoms with Crippen LogP contribution in [0.25, 0.3) is 22.1 Å². The van der Waals surface area contributed by atoms with Crippen molar-refractivity contribution in [2.24, 2.45) is 0 Å². The second kappa shape index (κ2) is 8.13. The Labute approximate surface area is 187 Å². The SMILES string of the molecule is Cc1cccc2cc(CCc3ncnc4nc[nH]c34)c(N3CCN4CCCCC4C3)nc12.